The second-order valence-electron chi connectivity index (χ2n) is 3.56. The van der Waals surface area contributed by atoms with Crippen molar-refractivity contribution in [2.24, 2.45) is 0 Å². The van der Waals surface area contributed by atoms with E-state index in [1.54, 1.807) is 33.2 Å². The lowest BCUT2D eigenvalue weighted by atomic mass is 10.2. The number of carbonyl (C=O) groups is 1. The first-order chi connectivity index (χ1) is 8.17. The number of rotatable bonds is 6. The molecule has 0 aromatic carbocycles. The molecule has 5 nitrogen and oxygen atoms in total. The van der Waals surface area contributed by atoms with Crippen molar-refractivity contribution in [3.63, 3.8) is 0 Å². The molecule has 1 heterocycles. The summed E-state index contributed by atoms with van der Waals surface area (Å²) in [5.74, 6) is 0.334. The fourth-order valence-corrected chi connectivity index (χ4v) is 1.26. The highest BCUT2D eigenvalue weighted by Crippen LogP contribution is 2.06. The molecule has 0 radical (unpaired) electrons. The highest BCUT2D eigenvalue weighted by molar-refractivity contribution is 5.75. The van der Waals surface area contributed by atoms with Crippen molar-refractivity contribution in [1.29, 1.82) is 0 Å². The first kappa shape index (κ1) is 13.4. The number of hydrogen-bond donors (Lipinski definition) is 1. The Labute approximate surface area is 101 Å². The Kier molecular flexibility index (Phi) is 5.42. The van der Waals surface area contributed by atoms with E-state index < -0.39 is 0 Å². The summed E-state index contributed by atoms with van der Waals surface area (Å²) in [7, 11) is 1.57. The summed E-state index contributed by atoms with van der Waals surface area (Å²) in [6.45, 7) is 4.53. The summed E-state index contributed by atoms with van der Waals surface area (Å²) in [6.07, 6.45) is 1.71. The van der Waals surface area contributed by atoms with Crippen molar-refractivity contribution in [3.8, 4) is 5.88 Å². The third kappa shape index (κ3) is 4.40. The topological polar surface area (TPSA) is 60.5 Å². The standard InChI is InChI=1S/C12H18N2O3/c1-4-17-12(15)9(2)13-7-10-5-6-11(16-3)14-8-10/h5-6,8-9,13H,4,7H2,1-3H3. The Morgan fingerprint density at radius 1 is 1.53 bits per heavy atom. The smallest absolute Gasteiger partial charge is 0.322 e. The molecule has 1 rings (SSSR count). The molecule has 5 heteroatoms. The van der Waals surface area contributed by atoms with Crippen molar-refractivity contribution in [2.75, 3.05) is 13.7 Å². The normalized spacial score (nSPS) is 11.9. The van der Waals surface area contributed by atoms with E-state index in [-0.39, 0.29) is 12.0 Å². The van der Waals surface area contributed by atoms with Gasteiger partial charge in [0, 0.05) is 18.8 Å². The molecular weight excluding hydrogens is 220 g/mol. The summed E-state index contributed by atoms with van der Waals surface area (Å²) in [6, 6.07) is 3.36. The number of carbonyl (C=O) groups excluding carboxylic acids is 1. The van der Waals surface area contributed by atoms with Crippen LogP contribution in [0.1, 0.15) is 19.4 Å². The molecule has 0 saturated heterocycles. The van der Waals surface area contributed by atoms with Gasteiger partial charge in [-0.1, -0.05) is 6.07 Å². The fourth-order valence-electron chi connectivity index (χ4n) is 1.26. The largest absolute Gasteiger partial charge is 0.481 e. The van der Waals surface area contributed by atoms with Gasteiger partial charge in [0.25, 0.3) is 0 Å². The molecule has 0 aliphatic carbocycles. The number of nitrogens with one attached hydrogen (secondary N) is 1. The average Bonchev–Trinajstić information content (AvgIpc) is 2.36. The quantitative estimate of drug-likeness (QED) is 0.753. The zero-order valence-corrected chi connectivity index (χ0v) is 10.4. The molecule has 0 aliphatic rings. The Hall–Kier alpha value is -1.62. The Balaban J connectivity index is 2.41. The predicted octanol–water partition coefficient (Wildman–Crippen LogP) is 1.13. The molecule has 1 N–H and O–H groups in total. The van der Waals surface area contributed by atoms with Gasteiger partial charge >= 0.3 is 5.97 Å². The maximum atomic E-state index is 11.3. The number of pyridine rings is 1. The molecule has 0 fully saturated rings. The lowest BCUT2D eigenvalue weighted by Gasteiger charge is -2.12. The molecule has 17 heavy (non-hydrogen) atoms. The first-order valence-electron chi connectivity index (χ1n) is 5.56. The molecule has 0 saturated carbocycles. The summed E-state index contributed by atoms with van der Waals surface area (Å²) >= 11 is 0. The van der Waals surface area contributed by atoms with Crippen LogP contribution in [0.25, 0.3) is 0 Å². The highest BCUT2D eigenvalue weighted by Gasteiger charge is 2.12. The van der Waals surface area contributed by atoms with Gasteiger partial charge in [0.1, 0.15) is 6.04 Å². The number of esters is 1. The van der Waals surface area contributed by atoms with E-state index >= 15 is 0 Å². The van der Waals surface area contributed by atoms with Gasteiger partial charge in [0.05, 0.1) is 13.7 Å². The van der Waals surface area contributed by atoms with E-state index in [9.17, 15) is 4.79 Å². The summed E-state index contributed by atoms with van der Waals surface area (Å²) < 4.78 is 9.85. The van der Waals surface area contributed by atoms with Crippen LogP contribution < -0.4 is 10.1 Å². The lowest BCUT2D eigenvalue weighted by Crippen LogP contribution is -2.34. The van der Waals surface area contributed by atoms with Gasteiger partial charge in [-0.15, -0.1) is 0 Å². The Bertz CT molecular complexity index is 351. The summed E-state index contributed by atoms with van der Waals surface area (Å²) in [5, 5.41) is 3.07. The van der Waals surface area contributed by atoms with Crippen molar-refractivity contribution < 1.29 is 14.3 Å². The minimum Gasteiger partial charge on any atom is -0.481 e. The third-order valence-electron chi connectivity index (χ3n) is 2.26. The first-order valence-corrected chi connectivity index (χ1v) is 5.56. The highest BCUT2D eigenvalue weighted by atomic mass is 16.5. The molecule has 1 aromatic rings. The summed E-state index contributed by atoms with van der Waals surface area (Å²) in [4.78, 5) is 15.4. The molecule has 1 aromatic heterocycles. The average molecular weight is 238 g/mol. The van der Waals surface area contributed by atoms with Gasteiger partial charge in [-0.25, -0.2) is 4.98 Å². The number of ether oxygens (including phenoxy) is 2. The Morgan fingerprint density at radius 3 is 2.82 bits per heavy atom. The molecule has 0 amide bonds. The van der Waals surface area contributed by atoms with Gasteiger partial charge in [0.15, 0.2) is 0 Å². The van der Waals surface area contributed by atoms with Gasteiger partial charge in [-0.3, -0.25) is 4.79 Å². The molecule has 0 aliphatic heterocycles. The van der Waals surface area contributed by atoms with Crippen LogP contribution in [0.4, 0.5) is 0 Å². The predicted molar refractivity (Wildman–Crippen MR) is 63.7 cm³/mol. The van der Waals surface area contributed by atoms with E-state index in [4.69, 9.17) is 9.47 Å². The van der Waals surface area contributed by atoms with Gasteiger partial charge in [-0.2, -0.15) is 0 Å². The van der Waals surface area contributed by atoms with Gasteiger partial charge in [0.2, 0.25) is 5.88 Å². The lowest BCUT2D eigenvalue weighted by molar-refractivity contribution is -0.145. The van der Waals surface area contributed by atoms with Crippen LogP contribution in [0.3, 0.4) is 0 Å². The van der Waals surface area contributed by atoms with E-state index in [0.29, 0.717) is 19.0 Å². The zero-order chi connectivity index (χ0) is 12.7. The van der Waals surface area contributed by atoms with Crippen LogP contribution in [0.5, 0.6) is 5.88 Å². The molecule has 1 atom stereocenters. The molecule has 1 unspecified atom stereocenters. The molecule has 94 valence electrons. The fraction of sp³-hybridized carbons (Fsp3) is 0.500. The van der Waals surface area contributed by atoms with Crippen molar-refractivity contribution in [2.45, 2.75) is 26.4 Å². The molecule has 0 bridgehead atoms. The van der Waals surface area contributed by atoms with Crippen LogP contribution in [0.2, 0.25) is 0 Å². The minimum absolute atomic E-state index is 0.242. The van der Waals surface area contributed by atoms with E-state index in [1.165, 1.54) is 0 Å². The van der Waals surface area contributed by atoms with Crippen molar-refractivity contribution >= 4 is 5.97 Å². The van der Waals surface area contributed by atoms with Crippen molar-refractivity contribution in [3.05, 3.63) is 23.9 Å². The molecule has 0 spiro atoms. The maximum Gasteiger partial charge on any atom is 0.322 e. The molecular formula is C12H18N2O3. The van der Waals surface area contributed by atoms with E-state index in [1.807, 2.05) is 6.07 Å². The van der Waals surface area contributed by atoms with Gasteiger partial charge in [-0.05, 0) is 19.4 Å². The monoisotopic (exact) mass is 238 g/mol. The zero-order valence-electron chi connectivity index (χ0n) is 10.4. The third-order valence-corrected chi connectivity index (χ3v) is 2.26. The van der Waals surface area contributed by atoms with Crippen LogP contribution in [-0.4, -0.2) is 30.7 Å². The number of methoxy groups -OCH3 is 1. The number of nitrogens with zero attached hydrogens (tertiary/aromatic N) is 1. The van der Waals surface area contributed by atoms with Crippen LogP contribution in [-0.2, 0) is 16.1 Å². The second-order valence-corrected chi connectivity index (χ2v) is 3.56. The van der Waals surface area contributed by atoms with Gasteiger partial charge < -0.3 is 14.8 Å². The van der Waals surface area contributed by atoms with Crippen molar-refractivity contribution in [1.82, 2.24) is 10.3 Å². The summed E-state index contributed by atoms with van der Waals surface area (Å²) in [5.41, 5.74) is 0.988. The number of hydrogen-bond acceptors (Lipinski definition) is 5. The Morgan fingerprint density at radius 2 is 2.29 bits per heavy atom. The minimum atomic E-state index is -0.322. The van der Waals surface area contributed by atoms with E-state index in [0.717, 1.165) is 5.56 Å². The second kappa shape index (κ2) is 6.85. The van der Waals surface area contributed by atoms with Crippen LogP contribution >= 0.6 is 0 Å². The van der Waals surface area contributed by atoms with Crippen LogP contribution in [0, 0.1) is 0 Å². The SMILES string of the molecule is CCOC(=O)C(C)NCc1ccc(OC)nc1. The van der Waals surface area contributed by atoms with Crippen LogP contribution in [0.15, 0.2) is 18.3 Å². The number of aromatic nitrogens is 1. The maximum absolute atomic E-state index is 11.3. The van der Waals surface area contributed by atoms with E-state index in [2.05, 4.69) is 10.3 Å².